The summed E-state index contributed by atoms with van der Waals surface area (Å²) < 4.78 is 0. The number of benzene rings is 1. The van der Waals surface area contributed by atoms with Crippen LogP contribution < -0.4 is 10.9 Å². The second-order valence-corrected chi connectivity index (χ2v) is 6.79. The summed E-state index contributed by atoms with van der Waals surface area (Å²) in [5.74, 6) is -0.744. The van der Waals surface area contributed by atoms with Crippen molar-refractivity contribution in [1.82, 2.24) is 15.8 Å². The first-order chi connectivity index (χ1) is 11.5. The van der Waals surface area contributed by atoms with Crippen LogP contribution in [0.4, 0.5) is 0 Å². The summed E-state index contributed by atoms with van der Waals surface area (Å²) in [6.45, 7) is 0.978. The predicted molar refractivity (Wildman–Crippen MR) is 89.1 cm³/mol. The van der Waals surface area contributed by atoms with Gasteiger partial charge in [0.15, 0.2) is 0 Å². The molecule has 3 rings (SSSR count). The van der Waals surface area contributed by atoms with Crippen molar-refractivity contribution in [3.8, 4) is 0 Å². The molecule has 2 aliphatic rings. The van der Waals surface area contributed by atoms with Crippen LogP contribution in [0, 0.1) is 11.8 Å². The maximum Gasteiger partial charge on any atom is 0.253 e. The summed E-state index contributed by atoms with van der Waals surface area (Å²) in [7, 11) is 0. The fourth-order valence-electron chi connectivity index (χ4n) is 2.82. The van der Waals surface area contributed by atoms with E-state index < -0.39 is 0 Å². The van der Waals surface area contributed by atoms with Crippen molar-refractivity contribution in [2.45, 2.75) is 25.7 Å². The molecule has 1 aliphatic carbocycles. The predicted octanol–water partition coefficient (Wildman–Crippen LogP) is 1.75. The molecule has 1 saturated heterocycles. The van der Waals surface area contributed by atoms with Crippen LogP contribution in [0.1, 0.15) is 36.0 Å². The lowest BCUT2D eigenvalue weighted by Crippen LogP contribution is -2.50. The summed E-state index contributed by atoms with van der Waals surface area (Å²) in [4.78, 5) is 38.0. The highest BCUT2D eigenvalue weighted by Gasteiger charge is 2.32. The first-order valence-corrected chi connectivity index (χ1v) is 8.57. The minimum absolute atomic E-state index is 0.0413. The molecule has 1 aromatic carbocycles. The monoisotopic (exact) mass is 349 g/mol. The van der Waals surface area contributed by atoms with Gasteiger partial charge in [0, 0.05) is 29.6 Å². The first-order valence-electron chi connectivity index (χ1n) is 8.19. The molecule has 1 aliphatic heterocycles. The second-order valence-electron chi connectivity index (χ2n) is 6.35. The molecule has 1 unspecified atom stereocenters. The van der Waals surface area contributed by atoms with Gasteiger partial charge in [-0.3, -0.25) is 25.2 Å². The standard InChI is InChI=1S/C17H20ClN3O3/c18-14-7-5-12(6-8-14)17(24)21-9-1-2-13(10-21)16(23)20-19-15(22)11-3-4-11/h5-8,11,13H,1-4,9-10H2,(H,19,22)(H,20,23). The van der Waals surface area contributed by atoms with Crippen LogP contribution in [0.25, 0.3) is 0 Å². The van der Waals surface area contributed by atoms with E-state index in [1.165, 1.54) is 0 Å². The Morgan fingerprint density at radius 2 is 1.58 bits per heavy atom. The third kappa shape index (κ3) is 4.06. The minimum atomic E-state index is -0.311. The van der Waals surface area contributed by atoms with Crippen molar-refractivity contribution >= 4 is 29.3 Å². The van der Waals surface area contributed by atoms with E-state index in [0.29, 0.717) is 30.1 Å². The molecule has 7 heteroatoms. The molecule has 128 valence electrons. The number of likely N-dealkylation sites (tertiary alicyclic amines) is 1. The molecule has 3 amide bonds. The molecule has 24 heavy (non-hydrogen) atoms. The van der Waals surface area contributed by atoms with Gasteiger partial charge in [-0.15, -0.1) is 0 Å². The Labute approximate surface area is 145 Å². The number of amides is 3. The summed E-state index contributed by atoms with van der Waals surface area (Å²) in [6, 6.07) is 6.72. The fraction of sp³-hybridized carbons (Fsp3) is 0.471. The van der Waals surface area contributed by atoms with Crippen LogP contribution in [0.15, 0.2) is 24.3 Å². The zero-order chi connectivity index (χ0) is 17.1. The largest absolute Gasteiger partial charge is 0.338 e. The van der Waals surface area contributed by atoms with E-state index >= 15 is 0 Å². The summed E-state index contributed by atoms with van der Waals surface area (Å²) >= 11 is 5.84. The smallest absolute Gasteiger partial charge is 0.253 e. The number of halogens is 1. The second kappa shape index (κ2) is 7.21. The van der Waals surface area contributed by atoms with Gasteiger partial charge in [-0.2, -0.15) is 0 Å². The normalized spacial score (nSPS) is 20.4. The van der Waals surface area contributed by atoms with Crippen molar-refractivity contribution in [2.24, 2.45) is 11.8 Å². The van der Waals surface area contributed by atoms with E-state index in [0.717, 1.165) is 19.3 Å². The maximum atomic E-state index is 12.5. The summed E-state index contributed by atoms with van der Waals surface area (Å²) in [5, 5.41) is 0.578. The lowest BCUT2D eigenvalue weighted by Gasteiger charge is -2.32. The van der Waals surface area contributed by atoms with Crippen LogP contribution in [0.2, 0.25) is 5.02 Å². The fourth-order valence-corrected chi connectivity index (χ4v) is 2.95. The Hall–Kier alpha value is -2.08. The number of carbonyl (C=O) groups is 3. The van der Waals surface area contributed by atoms with E-state index in [1.54, 1.807) is 29.2 Å². The number of piperidine rings is 1. The van der Waals surface area contributed by atoms with Crippen LogP contribution >= 0.6 is 11.6 Å². The van der Waals surface area contributed by atoms with E-state index in [9.17, 15) is 14.4 Å². The summed E-state index contributed by atoms with van der Waals surface area (Å²) in [6.07, 6.45) is 3.23. The molecule has 1 heterocycles. The average molecular weight is 350 g/mol. The van der Waals surface area contributed by atoms with Gasteiger partial charge in [0.05, 0.1) is 5.92 Å². The molecular formula is C17H20ClN3O3. The van der Waals surface area contributed by atoms with Gasteiger partial charge in [0.25, 0.3) is 5.91 Å². The van der Waals surface area contributed by atoms with E-state index in [1.807, 2.05) is 0 Å². The van der Waals surface area contributed by atoms with Gasteiger partial charge in [-0.05, 0) is 49.9 Å². The van der Waals surface area contributed by atoms with Crippen LogP contribution in [0.3, 0.4) is 0 Å². The zero-order valence-electron chi connectivity index (χ0n) is 13.3. The lowest BCUT2D eigenvalue weighted by atomic mass is 9.96. The quantitative estimate of drug-likeness (QED) is 0.816. The van der Waals surface area contributed by atoms with Crippen LogP contribution in [-0.2, 0) is 9.59 Å². The summed E-state index contributed by atoms with van der Waals surface area (Å²) in [5.41, 5.74) is 5.51. The average Bonchev–Trinajstić information content (AvgIpc) is 3.44. The molecule has 1 saturated carbocycles. The zero-order valence-corrected chi connectivity index (χ0v) is 14.0. The Morgan fingerprint density at radius 3 is 2.21 bits per heavy atom. The van der Waals surface area contributed by atoms with Crippen LogP contribution in [0.5, 0.6) is 0 Å². The molecule has 0 spiro atoms. The Morgan fingerprint density at radius 1 is 0.958 bits per heavy atom. The van der Waals surface area contributed by atoms with Gasteiger partial charge in [-0.1, -0.05) is 11.6 Å². The van der Waals surface area contributed by atoms with Crippen molar-refractivity contribution < 1.29 is 14.4 Å². The molecule has 6 nitrogen and oxygen atoms in total. The highest BCUT2D eigenvalue weighted by molar-refractivity contribution is 6.30. The minimum Gasteiger partial charge on any atom is -0.338 e. The van der Waals surface area contributed by atoms with Gasteiger partial charge < -0.3 is 4.90 Å². The molecule has 0 radical (unpaired) electrons. The molecule has 1 aromatic rings. The number of hydrogen-bond acceptors (Lipinski definition) is 3. The number of carbonyl (C=O) groups excluding carboxylic acids is 3. The van der Waals surface area contributed by atoms with Gasteiger partial charge >= 0.3 is 0 Å². The van der Waals surface area contributed by atoms with E-state index in [2.05, 4.69) is 10.9 Å². The lowest BCUT2D eigenvalue weighted by molar-refractivity contribution is -0.132. The molecule has 0 aromatic heterocycles. The third-order valence-corrected chi connectivity index (χ3v) is 4.68. The van der Waals surface area contributed by atoms with E-state index in [4.69, 9.17) is 11.6 Å². The van der Waals surface area contributed by atoms with Gasteiger partial charge in [0.1, 0.15) is 0 Å². The topological polar surface area (TPSA) is 78.5 Å². The van der Waals surface area contributed by atoms with Crippen molar-refractivity contribution in [2.75, 3.05) is 13.1 Å². The van der Waals surface area contributed by atoms with Crippen molar-refractivity contribution in [3.05, 3.63) is 34.9 Å². The highest BCUT2D eigenvalue weighted by atomic mass is 35.5. The number of hydrazine groups is 1. The number of hydrogen-bond donors (Lipinski definition) is 2. The third-order valence-electron chi connectivity index (χ3n) is 4.43. The Kier molecular flexibility index (Phi) is 5.04. The van der Waals surface area contributed by atoms with Crippen LogP contribution in [-0.4, -0.2) is 35.7 Å². The molecule has 2 fully saturated rings. The first kappa shape index (κ1) is 16.8. The Bertz CT molecular complexity index is 643. The van der Waals surface area contributed by atoms with Gasteiger partial charge in [0.2, 0.25) is 11.8 Å². The molecular weight excluding hydrogens is 330 g/mol. The Balaban J connectivity index is 1.54. The van der Waals surface area contributed by atoms with Crippen molar-refractivity contribution in [3.63, 3.8) is 0 Å². The van der Waals surface area contributed by atoms with Crippen molar-refractivity contribution in [1.29, 1.82) is 0 Å². The maximum absolute atomic E-state index is 12.5. The van der Waals surface area contributed by atoms with Gasteiger partial charge in [-0.25, -0.2) is 0 Å². The number of nitrogens with zero attached hydrogens (tertiary/aromatic N) is 1. The highest BCUT2D eigenvalue weighted by Crippen LogP contribution is 2.28. The van der Waals surface area contributed by atoms with E-state index in [-0.39, 0.29) is 29.6 Å². The number of nitrogens with one attached hydrogen (secondary N) is 2. The molecule has 2 N–H and O–H groups in total. The number of rotatable bonds is 3. The molecule has 0 bridgehead atoms. The molecule has 1 atom stereocenters. The SMILES string of the molecule is O=C(NNC(=O)C1CCCN(C(=O)c2ccc(Cl)cc2)C1)C1CC1.